The lowest BCUT2D eigenvalue weighted by atomic mass is 10.2. The second-order valence-electron chi connectivity index (χ2n) is 3.23. The Morgan fingerprint density at radius 2 is 2.24 bits per heavy atom. The van der Waals surface area contributed by atoms with Gasteiger partial charge in [0.1, 0.15) is 11.5 Å². The summed E-state index contributed by atoms with van der Waals surface area (Å²) in [4.78, 5) is 21.1. The van der Waals surface area contributed by atoms with E-state index in [2.05, 4.69) is 10.6 Å². The monoisotopic (exact) mass is 241 g/mol. The number of carbonyl (C=O) groups is 1. The molecule has 0 saturated heterocycles. The van der Waals surface area contributed by atoms with Gasteiger partial charge in [0.05, 0.1) is 17.5 Å². The molecule has 0 radical (unpaired) electrons. The van der Waals surface area contributed by atoms with Crippen molar-refractivity contribution < 1.29 is 14.1 Å². The molecule has 0 aromatic heterocycles. The Bertz CT molecular complexity index is 437. The topological polar surface area (TPSA) is 84.3 Å². The standard InChI is InChI=1S/C10H12FN3O3/c1-2-12-10(15)6-13-8-4-3-7(11)5-9(8)14(16)17/h3-5,13H,2,6H2,1H3,(H,12,15). The number of nitrogens with one attached hydrogen (secondary N) is 2. The van der Waals surface area contributed by atoms with E-state index in [0.717, 1.165) is 12.1 Å². The Hall–Kier alpha value is -2.18. The van der Waals surface area contributed by atoms with Crippen LogP contribution in [0.5, 0.6) is 0 Å². The first-order chi connectivity index (χ1) is 8.04. The van der Waals surface area contributed by atoms with Crippen molar-refractivity contribution in [1.29, 1.82) is 0 Å². The quantitative estimate of drug-likeness (QED) is 0.600. The lowest BCUT2D eigenvalue weighted by molar-refractivity contribution is -0.384. The number of hydrogen-bond acceptors (Lipinski definition) is 4. The number of carbonyl (C=O) groups excluding carboxylic acids is 1. The zero-order valence-electron chi connectivity index (χ0n) is 9.20. The van der Waals surface area contributed by atoms with E-state index >= 15 is 0 Å². The van der Waals surface area contributed by atoms with E-state index in [4.69, 9.17) is 0 Å². The van der Waals surface area contributed by atoms with Gasteiger partial charge in [-0.25, -0.2) is 4.39 Å². The first-order valence-electron chi connectivity index (χ1n) is 4.99. The van der Waals surface area contributed by atoms with Crippen LogP contribution in [0.15, 0.2) is 18.2 Å². The van der Waals surface area contributed by atoms with Crippen LogP contribution in [-0.2, 0) is 4.79 Å². The van der Waals surface area contributed by atoms with Gasteiger partial charge < -0.3 is 10.6 Å². The van der Waals surface area contributed by atoms with Gasteiger partial charge in [-0.05, 0) is 19.1 Å². The van der Waals surface area contributed by atoms with Crippen molar-refractivity contribution in [1.82, 2.24) is 5.32 Å². The number of anilines is 1. The lowest BCUT2D eigenvalue weighted by Crippen LogP contribution is -2.29. The van der Waals surface area contributed by atoms with Crippen molar-refractivity contribution in [3.63, 3.8) is 0 Å². The normalized spacial score (nSPS) is 9.76. The molecule has 0 atom stereocenters. The molecule has 17 heavy (non-hydrogen) atoms. The number of nitrogens with zero attached hydrogens (tertiary/aromatic N) is 1. The number of halogens is 1. The largest absolute Gasteiger partial charge is 0.371 e. The van der Waals surface area contributed by atoms with Crippen molar-refractivity contribution in [2.24, 2.45) is 0 Å². The molecule has 92 valence electrons. The van der Waals surface area contributed by atoms with E-state index in [1.807, 2.05) is 0 Å². The average molecular weight is 241 g/mol. The predicted octanol–water partition coefficient (Wildman–Crippen LogP) is 1.28. The Balaban J connectivity index is 2.77. The molecular formula is C10H12FN3O3. The lowest BCUT2D eigenvalue weighted by Gasteiger charge is -2.06. The zero-order valence-corrected chi connectivity index (χ0v) is 9.20. The fraction of sp³-hybridized carbons (Fsp3) is 0.300. The molecule has 0 aliphatic rings. The van der Waals surface area contributed by atoms with Gasteiger partial charge in [-0.1, -0.05) is 0 Å². The summed E-state index contributed by atoms with van der Waals surface area (Å²) in [7, 11) is 0. The van der Waals surface area contributed by atoms with Crippen molar-refractivity contribution in [2.75, 3.05) is 18.4 Å². The van der Waals surface area contributed by atoms with Crippen LogP contribution in [0.1, 0.15) is 6.92 Å². The molecule has 0 unspecified atom stereocenters. The van der Waals surface area contributed by atoms with Gasteiger partial charge in [0, 0.05) is 6.54 Å². The maximum Gasteiger partial charge on any atom is 0.295 e. The molecule has 1 rings (SSSR count). The molecule has 1 aromatic rings. The van der Waals surface area contributed by atoms with E-state index in [1.165, 1.54) is 6.07 Å². The number of nitro benzene ring substituents is 1. The number of rotatable bonds is 5. The molecule has 0 bridgehead atoms. The van der Waals surface area contributed by atoms with Crippen molar-refractivity contribution >= 4 is 17.3 Å². The molecule has 0 aliphatic carbocycles. The van der Waals surface area contributed by atoms with Gasteiger partial charge in [-0.3, -0.25) is 14.9 Å². The summed E-state index contributed by atoms with van der Waals surface area (Å²) in [6.45, 7) is 2.14. The van der Waals surface area contributed by atoms with Crippen molar-refractivity contribution in [2.45, 2.75) is 6.92 Å². The maximum absolute atomic E-state index is 12.8. The molecular weight excluding hydrogens is 229 g/mol. The number of nitro groups is 1. The minimum atomic E-state index is -0.705. The minimum absolute atomic E-state index is 0.0969. The van der Waals surface area contributed by atoms with Gasteiger partial charge >= 0.3 is 0 Å². The van der Waals surface area contributed by atoms with Crippen molar-refractivity contribution in [3.05, 3.63) is 34.1 Å². The summed E-state index contributed by atoms with van der Waals surface area (Å²) < 4.78 is 12.8. The van der Waals surface area contributed by atoms with E-state index in [1.54, 1.807) is 6.92 Å². The molecule has 1 amide bonds. The molecule has 0 saturated carbocycles. The van der Waals surface area contributed by atoms with Crippen molar-refractivity contribution in [3.8, 4) is 0 Å². The molecule has 1 aromatic carbocycles. The number of benzene rings is 1. The summed E-state index contributed by atoms with van der Waals surface area (Å²) in [6, 6.07) is 3.12. The fourth-order valence-corrected chi connectivity index (χ4v) is 1.24. The third-order valence-electron chi connectivity index (χ3n) is 1.97. The van der Waals surface area contributed by atoms with Crippen LogP contribution >= 0.6 is 0 Å². The van der Waals surface area contributed by atoms with Crippen LogP contribution < -0.4 is 10.6 Å². The molecule has 0 heterocycles. The first-order valence-corrected chi connectivity index (χ1v) is 4.99. The summed E-state index contributed by atoms with van der Waals surface area (Å²) in [6.07, 6.45) is 0. The Morgan fingerprint density at radius 3 is 2.82 bits per heavy atom. The van der Waals surface area contributed by atoms with Gasteiger partial charge in [0.15, 0.2) is 0 Å². The smallest absolute Gasteiger partial charge is 0.295 e. The average Bonchev–Trinajstić information content (AvgIpc) is 2.27. The third-order valence-corrected chi connectivity index (χ3v) is 1.97. The Labute approximate surface area is 97.0 Å². The van der Waals surface area contributed by atoms with Crippen LogP contribution in [0, 0.1) is 15.9 Å². The van der Waals surface area contributed by atoms with E-state index in [9.17, 15) is 19.3 Å². The number of hydrogen-bond donors (Lipinski definition) is 2. The van der Waals surface area contributed by atoms with Crippen LogP contribution in [-0.4, -0.2) is 23.9 Å². The predicted molar refractivity (Wildman–Crippen MR) is 60.2 cm³/mol. The number of likely N-dealkylation sites (N-methyl/N-ethyl adjacent to an activating group) is 1. The van der Waals surface area contributed by atoms with Crippen LogP contribution in [0.3, 0.4) is 0 Å². The highest BCUT2D eigenvalue weighted by molar-refractivity contribution is 5.81. The van der Waals surface area contributed by atoms with Gasteiger partial charge in [-0.15, -0.1) is 0 Å². The zero-order chi connectivity index (χ0) is 12.8. The highest BCUT2D eigenvalue weighted by Gasteiger charge is 2.15. The SMILES string of the molecule is CCNC(=O)CNc1ccc(F)cc1[N+](=O)[O-]. The minimum Gasteiger partial charge on any atom is -0.371 e. The molecule has 0 aliphatic heterocycles. The summed E-state index contributed by atoms with van der Waals surface area (Å²) in [5.74, 6) is -0.980. The Kier molecular flexibility index (Phi) is 4.38. The Morgan fingerprint density at radius 1 is 1.53 bits per heavy atom. The van der Waals surface area contributed by atoms with Gasteiger partial charge in [0.25, 0.3) is 5.69 Å². The first kappa shape index (κ1) is 12.9. The molecule has 0 spiro atoms. The van der Waals surface area contributed by atoms with E-state index < -0.39 is 16.4 Å². The summed E-state index contributed by atoms with van der Waals surface area (Å²) in [5, 5.41) is 15.8. The van der Waals surface area contributed by atoms with Crippen LogP contribution in [0.25, 0.3) is 0 Å². The highest BCUT2D eigenvalue weighted by Crippen LogP contribution is 2.24. The second-order valence-corrected chi connectivity index (χ2v) is 3.23. The molecule has 7 heteroatoms. The van der Waals surface area contributed by atoms with E-state index in [-0.39, 0.29) is 18.1 Å². The van der Waals surface area contributed by atoms with Gasteiger partial charge in [-0.2, -0.15) is 0 Å². The van der Waals surface area contributed by atoms with E-state index in [0.29, 0.717) is 6.54 Å². The third kappa shape index (κ3) is 3.71. The molecule has 0 fully saturated rings. The summed E-state index contributed by atoms with van der Waals surface area (Å²) >= 11 is 0. The molecule has 6 nitrogen and oxygen atoms in total. The van der Waals surface area contributed by atoms with Gasteiger partial charge in [0.2, 0.25) is 5.91 Å². The molecule has 2 N–H and O–H groups in total. The van der Waals surface area contributed by atoms with Crippen LogP contribution in [0.2, 0.25) is 0 Å². The summed E-state index contributed by atoms with van der Waals surface area (Å²) in [5.41, 5.74) is -0.281. The highest BCUT2D eigenvalue weighted by atomic mass is 19.1. The maximum atomic E-state index is 12.8. The second kappa shape index (κ2) is 5.78. The van der Waals surface area contributed by atoms with Crippen LogP contribution in [0.4, 0.5) is 15.8 Å². The fourth-order valence-electron chi connectivity index (χ4n) is 1.24. The number of amides is 1.